The molecule has 2 amide bonds. The fraction of sp³-hybridized carbons (Fsp3) is 0.235. The third-order valence-corrected chi connectivity index (χ3v) is 3.30. The standard InChI is InChI=1S/C17H21N3O3/c1-20(2)13-7-5-12(6-8-13)18-17(21)19-15-11-14(22-3)9-10-16(15)23-4/h5-11H,1-4H3,(H2,18,19,21). The highest BCUT2D eigenvalue weighted by atomic mass is 16.5. The average molecular weight is 315 g/mol. The van der Waals surface area contributed by atoms with Crippen LogP contribution in [0.4, 0.5) is 21.9 Å². The van der Waals surface area contributed by atoms with E-state index in [2.05, 4.69) is 10.6 Å². The van der Waals surface area contributed by atoms with Gasteiger partial charge in [-0.3, -0.25) is 0 Å². The summed E-state index contributed by atoms with van der Waals surface area (Å²) in [5, 5.41) is 5.54. The van der Waals surface area contributed by atoms with Gasteiger partial charge in [0, 0.05) is 31.5 Å². The van der Waals surface area contributed by atoms with Crippen molar-refractivity contribution in [2.45, 2.75) is 0 Å². The lowest BCUT2D eigenvalue weighted by Crippen LogP contribution is -2.20. The Morgan fingerprint density at radius 3 is 2.22 bits per heavy atom. The Balaban J connectivity index is 2.07. The molecule has 0 saturated carbocycles. The summed E-state index contributed by atoms with van der Waals surface area (Å²) in [5.41, 5.74) is 2.30. The molecule has 0 fully saturated rings. The van der Waals surface area contributed by atoms with Crippen molar-refractivity contribution in [3.8, 4) is 11.5 Å². The van der Waals surface area contributed by atoms with Gasteiger partial charge in [-0.15, -0.1) is 0 Å². The quantitative estimate of drug-likeness (QED) is 0.887. The molecule has 0 bridgehead atoms. The summed E-state index contributed by atoms with van der Waals surface area (Å²) < 4.78 is 10.4. The molecule has 0 aliphatic rings. The van der Waals surface area contributed by atoms with E-state index in [1.807, 2.05) is 43.3 Å². The van der Waals surface area contributed by atoms with Crippen molar-refractivity contribution >= 4 is 23.1 Å². The second-order valence-electron chi connectivity index (χ2n) is 5.09. The lowest BCUT2D eigenvalue weighted by atomic mass is 10.2. The van der Waals surface area contributed by atoms with Crippen molar-refractivity contribution in [3.05, 3.63) is 42.5 Å². The Morgan fingerprint density at radius 1 is 0.957 bits per heavy atom. The molecule has 2 aromatic carbocycles. The molecular weight excluding hydrogens is 294 g/mol. The molecule has 6 heteroatoms. The van der Waals surface area contributed by atoms with Crippen LogP contribution in [-0.2, 0) is 0 Å². The van der Waals surface area contributed by atoms with Gasteiger partial charge < -0.3 is 25.0 Å². The van der Waals surface area contributed by atoms with Gasteiger partial charge in [0.2, 0.25) is 0 Å². The highest BCUT2D eigenvalue weighted by Crippen LogP contribution is 2.29. The summed E-state index contributed by atoms with van der Waals surface area (Å²) in [5.74, 6) is 1.19. The van der Waals surface area contributed by atoms with Crippen LogP contribution in [0.3, 0.4) is 0 Å². The molecule has 0 spiro atoms. The van der Waals surface area contributed by atoms with Crippen LogP contribution in [0.5, 0.6) is 11.5 Å². The number of carbonyl (C=O) groups excluding carboxylic acids is 1. The van der Waals surface area contributed by atoms with Crippen LogP contribution < -0.4 is 25.0 Å². The maximum absolute atomic E-state index is 12.1. The fourth-order valence-corrected chi connectivity index (χ4v) is 2.04. The van der Waals surface area contributed by atoms with Crippen LogP contribution in [0.15, 0.2) is 42.5 Å². The first-order chi connectivity index (χ1) is 11.0. The van der Waals surface area contributed by atoms with E-state index < -0.39 is 0 Å². The molecule has 2 aromatic rings. The molecule has 2 N–H and O–H groups in total. The molecule has 6 nitrogen and oxygen atoms in total. The predicted octanol–water partition coefficient (Wildman–Crippen LogP) is 3.41. The van der Waals surface area contributed by atoms with Gasteiger partial charge in [-0.1, -0.05) is 0 Å². The average Bonchev–Trinajstić information content (AvgIpc) is 2.55. The molecule has 0 aliphatic heterocycles. The first kappa shape index (κ1) is 16.5. The van der Waals surface area contributed by atoms with Gasteiger partial charge in [-0.2, -0.15) is 0 Å². The fourth-order valence-electron chi connectivity index (χ4n) is 2.04. The molecule has 122 valence electrons. The smallest absolute Gasteiger partial charge is 0.323 e. The molecule has 0 aromatic heterocycles. The normalized spacial score (nSPS) is 9.91. The van der Waals surface area contributed by atoms with E-state index in [4.69, 9.17) is 9.47 Å². The molecule has 0 radical (unpaired) electrons. The van der Waals surface area contributed by atoms with E-state index in [1.165, 1.54) is 0 Å². The highest BCUT2D eigenvalue weighted by molar-refractivity contribution is 6.00. The second-order valence-corrected chi connectivity index (χ2v) is 5.09. The van der Waals surface area contributed by atoms with Crippen molar-refractivity contribution in [2.24, 2.45) is 0 Å². The third kappa shape index (κ3) is 4.29. The number of carbonyl (C=O) groups is 1. The number of rotatable bonds is 5. The van der Waals surface area contributed by atoms with E-state index in [0.717, 1.165) is 5.69 Å². The Bertz CT molecular complexity index is 669. The SMILES string of the molecule is COc1ccc(OC)c(NC(=O)Nc2ccc(N(C)C)cc2)c1. The van der Waals surface area contributed by atoms with E-state index in [0.29, 0.717) is 22.9 Å². The minimum atomic E-state index is -0.353. The van der Waals surface area contributed by atoms with Crippen LogP contribution in [0.25, 0.3) is 0 Å². The van der Waals surface area contributed by atoms with Gasteiger partial charge in [-0.05, 0) is 36.4 Å². The predicted molar refractivity (Wildman–Crippen MR) is 93.0 cm³/mol. The second kappa shape index (κ2) is 7.40. The lowest BCUT2D eigenvalue weighted by Gasteiger charge is -2.14. The maximum Gasteiger partial charge on any atom is 0.323 e. The van der Waals surface area contributed by atoms with Gasteiger partial charge in [-0.25, -0.2) is 4.79 Å². The Morgan fingerprint density at radius 2 is 1.65 bits per heavy atom. The molecule has 0 atom stereocenters. The minimum Gasteiger partial charge on any atom is -0.497 e. The van der Waals surface area contributed by atoms with Crippen molar-refractivity contribution < 1.29 is 14.3 Å². The number of amides is 2. The molecule has 0 heterocycles. The largest absolute Gasteiger partial charge is 0.497 e. The molecule has 0 saturated heterocycles. The van der Waals surface area contributed by atoms with Crippen molar-refractivity contribution in [3.63, 3.8) is 0 Å². The zero-order valence-corrected chi connectivity index (χ0v) is 13.7. The zero-order valence-electron chi connectivity index (χ0n) is 13.7. The van der Waals surface area contributed by atoms with Crippen LogP contribution >= 0.6 is 0 Å². The Hall–Kier alpha value is -2.89. The van der Waals surface area contributed by atoms with E-state index in [1.54, 1.807) is 32.4 Å². The molecule has 23 heavy (non-hydrogen) atoms. The van der Waals surface area contributed by atoms with Gasteiger partial charge in [0.15, 0.2) is 0 Å². The summed E-state index contributed by atoms with van der Waals surface area (Å²) in [4.78, 5) is 14.1. The number of hydrogen-bond donors (Lipinski definition) is 2. The topological polar surface area (TPSA) is 62.8 Å². The number of nitrogens with zero attached hydrogens (tertiary/aromatic N) is 1. The third-order valence-electron chi connectivity index (χ3n) is 3.30. The first-order valence-corrected chi connectivity index (χ1v) is 7.11. The Labute approximate surface area is 136 Å². The van der Waals surface area contributed by atoms with Crippen molar-refractivity contribution in [1.82, 2.24) is 0 Å². The first-order valence-electron chi connectivity index (χ1n) is 7.11. The molecular formula is C17H21N3O3. The molecule has 0 aliphatic carbocycles. The number of ether oxygens (including phenoxy) is 2. The summed E-state index contributed by atoms with van der Waals surface area (Å²) >= 11 is 0. The van der Waals surface area contributed by atoms with Gasteiger partial charge in [0.1, 0.15) is 11.5 Å². The number of urea groups is 1. The number of nitrogens with one attached hydrogen (secondary N) is 2. The van der Waals surface area contributed by atoms with E-state index >= 15 is 0 Å². The van der Waals surface area contributed by atoms with Crippen LogP contribution in [0.1, 0.15) is 0 Å². The maximum atomic E-state index is 12.1. The number of anilines is 3. The van der Waals surface area contributed by atoms with Gasteiger partial charge in [0.05, 0.1) is 19.9 Å². The number of benzene rings is 2. The zero-order chi connectivity index (χ0) is 16.8. The summed E-state index contributed by atoms with van der Waals surface area (Å²) in [7, 11) is 7.04. The van der Waals surface area contributed by atoms with E-state index in [-0.39, 0.29) is 6.03 Å². The van der Waals surface area contributed by atoms with Crippen molar-refractivity contribution in [2.75, 3.05) is 43.8 Å². The monoisotopic (exact) mass is 315 g/mol. The van der Waals surface area contributed by atoms with Gasteiger partial charge in [0.25, 0.3) is 0 Å². The van der Waals surface area contributed by atoms with Crippen LogP contribution in [0, 0.1) is 0 Å². The summed E-state index contributed by atoms with van der Waals surface area (Å²) in [6, 6.07) is 12.4. The lowest BCUT2D eigenvalue weighted by molar-refractivity contribution is 0.262. The number of methoxy groups -OCH3 is 2. The molecule has 2 rings (SSSR count). The number of hydrogen-bond acceptors (Lipinski definition) is 4. The summed E-state index contributed by atoms with van der Waals surface area (Å²) in [6.45, 7) is 0. The van der Waals surface area contributed by atoms with Crippen LogP contribution in [-0.4, -0.2) is 34.3 Å². The highest BCUT2D eigenvalue weighted by Gasteiger charge is 2.09. The van der Waals surface area contributed by atoms with Crippen LogP contribution in [0.2, 0.25) is 0 Å². The Kier molecular flexibility index (Phi) is 5.30. The molecule has 0 unspecified atom stereocenters. The van der Waals surface area contributed by atoms with E-state index in [9.17, 15) is 4.79 Å². The summed E-state index contributed by atoms with van der Waals surface area (Å²) in [6.07, 6.45) is 0. The van der Waals surface area contributed by atoms with Crippen molar-refractivity contribution in [1.29, 1.82) is 0 Å². The minimum absolute atomic E-state index is 0.353. The van der Waals surface area contributed by atoms with Gasteiger partial charge >= 0.3 is 6.03 Å².